The first-order valence-corrected chi connectivity index (χ1v) is 13.9. The summed E-state index contributed by atoms with van der Waals surface area (Å²) < 4.78 is 19.6. The van der Waals surface area contributed by atoms with Crippen LogP contribution in [0.3, 0.4) is 0 Å². The molecule has 2 spiro atoms. The molecule has 0 aromatic heterocycles. The van der Waals surface area contributed by atoms with Gasteiger partial charge >= 0.3 is 0 Å². The average molecular weight is 482 g/mol. The molecule has 7 aliphatic rings. The molecule has 1 saturated heterocycles. The van der Waals surface area contributed by atoms with Crippen molar-refractivity contribution in [3.63, 3.8) is 0 Å². The molecule has 5 fully saturated rings. The van der Waals surface area contributed by atoms with Gasteiger partial charge in [0.25, 0.3) is 0 Å². The van der Waals surface area contributed by atoms with Crippen LogP contribution in [-0.2, 0) is 16.6 Å². The van der Waals surface area contributed by atoms with Crippen LogP contribution in [0.4, 0.5) is 0 Å². The van der Waals surface area contributed by atoms with E-state index in [-0.39, 0.29) is 28.3 Å². The zero-order chi connectivity index (χ0) is 24.6. The second-order valence-electron chi connectivity index (χ2n) is 14.0. The molecule has 0 radical (unpaired) electrons. The topological polar surface area (TPSA) is 51.2 Å². The van der Waals surface area contributed by atoms with Crippen LogP contribution in [0.1, 0.15) is 77.3 Å². The molecule has 4 saturated carbocycles. The van der Waals surface area contributed by atoms with Gasteiger partial charge in [-0.3, -0.25) is 4.90 Å². The molecule has 4 bridgehead atoms. The fourth-order valence-corrected chi connectivity index (χ4v) is 9.73. The maximum absolute atomic E-state index is 12.3. The van der Waals surface area contributed by atoms with E-state index in [1.807, 2.05) is 7.11 Å². The zero-order valence-electron chi connectivity index (χ0n) is 22.4. The minimum atomic E-state index is -0.879. The van der Waals surface area contributed by atoms with Gasteiger partial charge in [-0.25, -0.2) is 0 Å². The van der Waals surface area contributed by atoms with Crippen molar-refractivity contribution < 1.29 is 19.3 Å². The Hall–Kier alpha value is -1.30. The van der Waals surface area contributed by atoms with Crippen molar-refractivity contribution in [3.8, 4) is 11.5 Å². The van der Waals surface area contributed by atoms with E-state index in [1.165, 1.54) is 30.5 Å². The minimum absolute atomic E-state index is 0.0112. The van der Waals surface area contributed by atoms with Crippen LogP contribution in [0, 0.1) is 22.7 Å². The number of hydrogen-bond donors (Lipinski definition) is 1. The van der Waals surface area contributed by atoms with E-state index in [9.17, 15) is 5.11 Å². The molecule has 5 aliphatic carbocycles. The lowest BCUT2D eigenvalue weighted by molar-refractivity contribution is -0.312. The number of aliphatic hydroxyl groups is 1. The summed E-state index contributed by atoms with van der Waals surface area (Å²) in [6.45, 7) is 11.0. The second kappa shape index (κ2) is 6.76. The molecule has 35 heavy (non-hydrogen) atoms. The van der Waals surface area contributed by atoms with Gasteiger partial charge in [0, 0.05) is 42.0 Å². The quantitative estimate of drug-likeness (QED) is 0.660. The van der Waals surface area contributed by atoms with Gasteiger partial charge in [-0.2, -0.15) is 0 Å². The van der Waals surface area contributed by atoms with E-state index >= 15 is 0 Å². The molecule has 1 aromatic carbocycles. The lowest BCUT2D eigenvalue weighted by Crippen LogP contribution is -2.83. The molecule has 2 aliphatic heterocycles. The van der Waals surface area contributed by atoms with Crippen LogP contribution in [-0.4, -0.2) is 60.7 Å². The van der Waals surface area contributed by atoms with E-state index in [2.05, 4.69) is 44.7 Å². The minimum Gasteiger partial charge on any atom is -0.493 e. The summed E-state index contributed by atoms with van der Waals surface area (Å²) in [7, 11) is 3.63. The number of likely N-dealkylation sites (tertiary alicyclic amines) is 1. The number of ether oxygens (including phenoxy) is 3. The van der Waals surface area contributed by atoms with Crippen LogP contribution in [0.2, 0.25) is 0 Å². The average Bonchev–Trinajstić information content (AvgIpc) is 3.56. The molecule has 1 unspecified atom stereocenters. The summed E-state index contributed by atoms with van der Waals surface area (Å²) in [5.41, 5.74) is 1.26. The predicted molar refractivity (Wildman–Crippen MR) is 135 cm³/mol. The van der Waals surface area contributed by atoms with Crippen molar-refractivity contribution in [3.05, 3.63) is 23.3 Å². The second-order valence-corrected chi connectivity index (χ2v) is 14.0. The van der Waals surface area contributed by atoms with Crippen LogP contribution in [0.25, 0.3) is 0 Å². The Bertz CT molecular complexity index is 1070. The first-order valence-electron chi connectivity index (χ1n) is 13.9. The Labute approximate surface area is 210 Å². The first kappa shape index (κ1) is 22.9. The third kappa shape index (κ3) is 2.47. The van der Waals surface area contributed by atoms with E-state index < -0.39 is 11.2 Å². The number of fused-ring (bicyclic) bond motifs is 2. The first-order chi connectivity index (χ1) is 16.6. The molecule has 1 N–H and O–H groups in total. The normalized spacial score (nSPS) is 42.9. The third-order valence-corrected chi connectivity index (χ3v) is 12.1. The highest BCUT2D eigenvalue weighted by Gasteiger charge is 2.82. The number of piperidine rings is 1. The van der Waals surface area contributed by atoms with Crippen molar-refractivity contribution in [2.45, 2.75) is 101 Å². The fraction of sp³-hybridized carbons (Fsp3) is 0.800. The Morgan fingerprint density at radius 1 is 1.11 bits per heavy atom. The molecule has 8 rings (SSSR count). The standard InChI is InChI=1S/C30H43NO4/c1-26(2,3)27(4,32)21-16-28-11-12-30(21,34-6)25-29(28)13-14-31(17-18-7-8-18)22(28)15-19-9-10-20(33-5)24(35-25)23(19)29/h9-10,18,21-22,25,32H,7-8,11-17H2,1-6H3/t21-,22+,25+,27?,28+,29-,30+/m0/s1. The molecule has 192 valence electrons. The maximum atomic E-state index is 12.3. The van der Waals surface area contributed by atoms with Gasteiger partial charge in [-0.05, 0) is 81.4 Å². The number of nitrogens with zero attached hydrogens (tertiary/aromatic N) is 1. The summed E-state index contributed by atoms with van der Waals surface area (Å²) in [5, 5.41) is 12.3. The van der Waals surface area contributed by atoms with E-state index in [1.54, 1.807) is 7.11 Å². The van der Waals surface area contributed by atoms with Gasteiger partial charge in [0.05, 0.1) is 12.7 Å². The highest BCUT2D eigenvalue weighted by molar-refractivity contribution is 5.63. The Morgan fingerprint density at radius 2 is 1.89 bits per heavy atom. The maximum Gasteiger partial charge on any atom is 0.165 e. The summed E-state index contributed by atoms with van der Waals surface area (Å²) in [4.78, 5) is 2.86. The lowest BCUT2D eigenvalue weighted by Gasteiger charge is -2.75. The third-order valence-electron chi connectivity index (χ3n) is 12.1. The lowest BCUT2D eigenvalue weighted by atomic mass is 9.33. The number of hydrogen-bond acceptors (Lipinski definition) is 5. The summed E-state index contributed by atoms with van der Waals surface area (Å²) in [6, 6.07) is 4.93. The molecular weight excluding hydrogens is 438 g/mol. The molecule has 7 atom stereocenters. The van der Waals surface area contributed by atoms with Crippen LogP contribution in [0.5, 0.6) is 11.5 Å². The molecular formula is C30H43NO4. The monoisotopic (exact) mass is 481 g/mol. The van der Waals surface area contributed by atoms with Crippen molar-refractivity contribution in [1.29, 1.82) is 0 Å². The smallest absolute Gasteiger partial charge is 0.165 e. The Kier molecular flexibility index (Phi) is 4.42. The zero-order valence-corrected chi connectivity index (χ0v) is 22.4. The largest absolute Gasteiger partial charge is 0.493 e. The predicted octanol–water partition coefficient (Wildman–Crippen LogP) is 4.72. The van der Waals surface area contributed by atoms with Gasteiger partial charge in [0.15, 0.2) is 11.5 Å². The van der Waals surface area contributed by atoms with Gasteiger partial charge in [-0.1, -0.05) is 26.8 Å². The highest BCUT2D eigenvalue weighted by atomic mass is 16.6. The van der Waals surface area contributed by atoms with Crippen molar-refractivity contribution in [2.75, 3.05) is 27.3 Å². The highest BCUT2D eigenvalue weighted by Crippen LogP contribution is 2.78. The van der Waals surface area contributed by atoms with Crippen LogP contribution >= 0.6 is 0 Å². The van der Waals surface area contributed by atoms with Crippen LogP contribution in [0.15, 0.2) is 12.1 Å². The number of rotatable bonds is 5. The Balaban J connectivity index is 1.48. The SMILES string of the molecule is COc1ccc2c3c1O[C@H]1[C@@]4(OC)CC[C@@]5(C[C@H]4C(C)(O)C(C)(C)C)[C@@H](C2)N(CC2CC2)CC[C@]315. The summed E-state index contributed by atoms with van der Waals surface area (Å²) in [6.07, 6.45) is 8.00. The molecule has 5 nitrogen and oxygen atoms in total. The van der Waals surface area contributed by atoms with Gasteiger partial charge < -0.3 is 19.3 Å². The van der Waals surface area contributed by atoms with Gasteiger partial charge in [0.2, 0.25) is 0 Å². The summed E-state index contributed by atoms with van der Waals surface area (Å²) in [5.74, 6) is 2.71. The molecule has 2 heterocycles. The van der Waals surface area contributed by atoms with E-state index in [4.69, 9.17) is 14.2 Å². The van der Waals surface area contributed by atoms with Crippen molar-refractivity contribution in [1.82, 2.24) is 4.90 Å². The van der Waals surface area contributed by atoms with Crippen LogP contribution < -0.4 is 9.47 Å². The Morgan fingerprint density at radius 3 is 2.54 bits per heavy atom. The number of benzene rings is 1. The van der Waals surface area contributed by atoms with E-state index in [0.717, 1.165) is 56.1 Å². The molecule has 1 aromatic rings. The van der Waals surface area contributed by atoms with Gasteiger partial charge in [-0.15, -0.1) is 0 Å². The van der Waals surface area contributed by atoms with Crippen molar-refractivity contribution in [2.24, 2.45) is 22.7 Å². The van der Waals surface area contributed by atoms with E-state index in [0.29, 0.717) is 6.04 Å². The van der Waals surface area contributed by atoms with Crippen molar-refractivity contribution >= 4 is 0 Å². The van der Waals surface area contributed by atoms with Gasteiger partial charge in [0.1, 0.15) is 11.7 Å². The molecule has 5 heteroatoms. The molecule has 0 amide bonds. The summed E-state index contributed by atoms with van der Waals surface area (Å²) >= 11 is 0. The fourth-order valence-electron chi connectivity index (χ4n) is 9.73. The number of methoxy groups -OCH3 is 2.